The van der Waals surface area contributed by atoms with Crippen LogP contribution in [0.2, 0.25) is 0 Å². The quantitative estimate of drug-likeness (QED) is 0.625. The summed E-state index contributed by atoms with van der Waals surface area (Å²) in [6, 6.07) is 5.69. The molecule has 142 valence electrons. The number of nitrogens with one attached hydrogen (secondary N) is 1. The fourth-order valence-corrected chi connectivity index (χ4v) is 3.18. The first-order chi connectivity index (χ1) is 13.2. The zero-order valence-corrected chi connectivity index (χ0v) is 15.7. The molecule has 1 aromatic heterocycles. The molecule has 1 N–H and O–H groups in total. The molecule has 0 radical (unpaired) electrons. The monoisotopic (exact) mass is 368 g/mol. The molecule has 1 aliphatic rings. The highest BCUT2D eigenvalue weighted by molar-refractivity contribution is 5.71. The number of hydrogen-bond donors (Lipinski definition) is 1. The van der Waals surface area contributed by atoms with Gasteiger partial charge in [-0.3, -0.25) is 4.79 Å². The van der Waals surface area contributed by atoms with Gasteiger partial charge in [-0.1, -0.05) is 12.0 Å². The van der Waals surface area contributed by atoms with Gasteiger partial charge < -0.3 is 19.2 Å². The molecule has 1 saturated carbocycles. The molecule has 2 aromatic rings. The molecule has 1 fully saturated rings. The maximum atomic E-state index is 11.9. The van der Waals surface area contributed by atoms with Gasteiger partial charge in [-0.05, 0) is 49.3 Å². The molecular weight excluding hydrogens is 344 g/mol. The number of ether oxygens (including phenoxy) is 3. The lowest BCUT2D eigenvalue weighted by atomic mass is 9.95. The van der Waals surface area contributed by atoms with Crippen molar-refractivity contribution in [3.63, 3.8) is 0 Å². The summed E-state index contributed by atoms with van der Waals surface area (Å²) in [6.45, 7) is 0. The van der Waals surface area contributed by atoms with Crippen LogP contribution in [0.1, 0.15) is 49.4 Å². The standard InChI is InChI=1S/C21H24N2O4/c1-25-18-9-7-15(13-19(18)27-17-5-3-4-6-17)16(14-21(24)26-2)8-10-20-22-11-12-23-20/h7,9,11-13,16-17H,3-6,14H2,1-2H3,(H,22,23). The summed E-state index contributed by atoms with van der Waals surface area (Å²) in [5.41, 5.74) is 0.883. The number of carbonyl (C=O) groups is 1. The number of rotatable bonds is 6. The predicted molar refractivity (Wildman–Crippen MR) is 101 cm³/mol. The summed E-state index contributed by atoms with van der Waals surface area (Å²) < 4.78 is 16.4. The number of methoxy groups -OCH3 is 2. The maximum absolute atomic E-state index is 11.9. The van der Waals surface area contributed by atoms with E-state index in [1.807, 2.05) is 18.2 Å². The van der Waals surface area contributed by atoms with Gasteiger partial charge in [-0.25, -0.2) is 4.98 Å². The Hall–Kier alpha value is -2.94. The Morgan fingerprint density at radius 2 is 2.11 bits per heavy atom. The van der Waals surface area contributed by atoms with Crippen molar-refractivity contribution < 1.29 is 19.0 Å². The normalized spacial score (nSPS) is 14.9. The molecule has 1 aromatic carbocycles. The van der Waals surface area contributed by atoms with Crippen molar-refractivity contribution in [3.05, 3.63) is 42.0 Å². The van der Waals surface area contributed by atoms with Gasteiger partial charge in [0.25, 0.3) is 0 Å². The second-order valence-corrected chi connectivity index (χ2v) is 6.47. The highest BCUT2D eigenvalue weighted by atomic mass is 16.5. The van der Waals surface area contributed by atoms with Gasteiger partial charge in [0.05, 0.1) is 32.7 Å². The zero-order chi connectivity index (χ0) is 19.1. The molecule has 1 aliphatic carbocycles. The van der Waals surface area contributed by atoms with Crippen LogP contribution < -0.4 is 9.47 Å². The summed E-state index contributed by atoms with van der Waals surface area (Å²) in [5, 5.41) is 0. The van der Waals surface area contributed by atoms with Gasteiger partial charge in [0, 0.05) is 12.4 Å². The minimum absolute atomic E-state index is 0.152. The third-order valence-electron chi connectivity index (χ3n) is 4.65. The van der Waals surface area contributed by atoms with Gasteiger partial charge in [0.2, 0.25) is 0 Å². The van der Waals surface area contributed by atoms with Gasteiger partial charge in [0.1, 0.15) is 0 Å². The second-order valence-electron chi connectivity index (χ2n) is 6.47. The third kappa shape index (κ3) is 5.04. The fraction of sp³-hybridized carbons (Fsp3) is 0.429. The average molecular weight is 368 g/mol. The summed E-state index contributed by atoms with van der Waals surface area (Å²) in [7, 11) is 3.00. The van der Waals surface area contributed by atoms with E-state index in [0.29, 0.717) is 17.3 Å². The Bertz CT molecular complexity index is 814. The van der Waals surface area contributed by atoms with E-state index in [2.05, 4.69) is 21.8 Å². The van der Waals surface area contributed by atoms with Crippen LogP contribution in [0, 0.1) is 11.8 Å². The molecule has 6 nitrogen and oxygen atoms in total. The van der Waals surface area contributed by atoms with Crippen LogP contribution in [0.5, 0.6) is 11.5 Å². The van der Waals surface area contributed by atoms with Crippen LogP contribution in [0.15, 0.2) is 30.6 Å². The lowest BCUT2D eigenvalue weighted by molar-refractivity contribution is -0.140. The van der Waals surface area contributed by atoms with E-state index < -0.39 is 0 Å². The Morgan fingerprint density at radius 1 is 1.30 bits per heavy atom. The number of aromatic nitrogens is 2. The molecule has 6 heteroatoms. The Labute approximate surface area is 159 Å². The molecule has 1 heterocycles. The van der Waals surface area contributed by atoms with Crippen molar-refractivity contribution in [2.75, 3.05) is 14.2 Å². The summed E-state index contributed by atoms with van der Waals surface area (Å²) in [4.78, 5) is 18.9. The molecule has 0 aliphatic heterocycles. The summed E-state index contributed by atoms with van der Waals surface area (Å²) >= 11 is 0. The van der Waals surface area contributed by atoms with E-state index in [1.54, 1.807) is 19.5 Å². The lowest BCUT2D eigenvalue weighted by Gasteiger charge is -2.18. The van der Waals surface area contributed by atoms with E-state index in [4.69, 9.17) is 14.2 Å². The molecule has 3 rings (SSSR count). The van der Waals surface area contributed by atoms with Gasteiger partial charge in [0.15, 0.2) is 17.3 Å². The van der Waals surface area contributed by atoms with E-state index in [-0.39, 0.29) is 24.4 Å². The number of carbonyl (C=O) groups excluding carboxylic acids is 1. The van der Waals surface area contributed by atoms with E-state index in [9.17, 15) is 4.79 Å². The molecule has 0 amide bonds. The molecule has 0 saturated heterocycles. The SMILES string of the molecule is COC(=O)CC(C#Cc1ncc[nH]1)c1ccc(OC)c(OC2CCCC2)c1. The topological polar surface area (TPSA) is 73.4 Å². The molecular formula is C21H24N2O4. The predicted octanol–water partition coefficient (Wildman–Crippen LogP) is 3.44. The van der Waals surface area contributed by atoms with Gasteiger partial charge in [-0.2, -0.15) is 0 Å². The molecule has 1 atom stereocenters. The largest absolute Gasteiger partial charge is 0.493 e. The van der Waals surface area contributed by atoms with Crippen LogP contribution in [0.3, 0.4) is 0 Å². The first-order valence-electron chi connectivity index (χ1n) is 9.12. The number of esters is 1. The molecule has 1 unspecified atom stereocenters. The Kier molecular flexibility index (Phi) is 6.37. The number of nitrogens with zero attached hydrogens (tertiary/aromatic N) is 1. The van der Waals surface area contributed by atoms with Crippen molar-refractivity contribution in [3.8, 4) is 23.3 Å². The molecule has 0 spiro atoms. The number of aromatic amines is 1. The smallest absolute Gasteiger partial charge is 0.307 e. The fourth-order valence-electron chi connectivity index (χ4n) is 3.18. The number of benzene rings is 1. The number of imidazole rings is 1. The first-order valence-corrected chi connectivity index (χ1v) is 9.12. The minimum atomic E-state index is -0.334. The second kappa shape index (κ2) is 9.13. The van der Waals surface area contributed by atoms with Crippen LogP contribution in [-0.4, -0.2) is 36.3 Å². The molecule has 0 bridgehead atoms. The van der Waals surface area contributed by atoms with Crippen molar-refractivity contribution in [1.82, 2.24) is 9.97 Å². The van der Waals surface area contributed by atoms with E-state index >= 15 is 0 Å². The maximum Gasteiger partial charge on any atom is 0.307 e. The number of H-pyrrole nitrogens is 1. The average Bonchev–Trinajstić information content (AvgIpc) is 3.39. The van der Waals surface area contributed by atoms with Crippen molar-refractivity contribution in [2.24, 2.45) is 0 Å². The van der Waals surface area contributed by atoms with Crippen LogP contribution in [-0.2, 0) is 9.53 Å². The van der Waals surface area contributed by atoms with Crippen molar-refractivity contribution in [2.45, 2.75) is 44.1 Å². The Morgan fingerprint density at radius 3 is 2.78 bits per heavy atom. The Balaban J connectivity index is 1.88. The van der Waals surface area contributed by atoms with Crippen LogP contribution >= 0.6 is 0 Å². The minimum Gasteiger partial charge on any atom is -0.493 e. The number of hydrogen-bond acceptors (Lipinski definition) is 5. The van der Waals surface area contributed by atoms with Crippen LogP contribution in [0.4, 0.5) is 0 Å². The van der Waals surface area contributed by atoms with Gasteiger partial charge >= 0.3 is 5.97 Å². The van der Waals surface area contributed by atoms with E-state index in [1.165, 1.54) is 20.0 Å². The zero-order valence-electron chi connectivity index (χ0n) is 15.7. The van der Waals surface area contributed by atoms with Gasteiger partial charge in [-0.15, -0.1) is 0 Å². The molecule has 27 heavy (non-hydrogen) atoms. The first kappa shape index (κ1) is 18.8. The van der Waals surface area contributed by atoms with Crippen LogP contribution in [0.25, 0.3) is 0 Å². The highest BCUT2D eigenvalue weighted by Crippen LogP contribution is 2.35. The van der Waals surface area contributed by atoms with Crippen molar-refractivity contribution in [1.29, 1.82) is 0 Å². The summed E-state index contributed by atoms with van der Waals surface area (Å²) in [5.74, 6) is 7.38. The highest BCUT2D eigenvalue weighted by Gasteiger charge is 2.21. The third-order valence-corrected chi connectivity index (χ3v) is 4.65. The lowest BCUT2D eigenvalue weighted by Crippen LogP contribution is -2.12. The van der Waals surface area contributed by atoms with E-state index in [0.717, 1.165) is 18.4 Å². The van der Waals surface area contributed by atoms with Crippen molar-refractivity contribution >= 4 is 5.97 Å². The summed E-state index contributed by atoms with van der Waals surface area (Å²) in [6.07, 6.45) is 8.19.